The van der Waals surface area contributed by atoms with Gasteiger partial charge in [-0.25, -0.2) is 0 Å². The second-order valence-corrected chi connectivity index (χ2v) is 37.8. The van der Waals surface area contributed by atoms with E-state index in [1.165, 1.54) is 12.1 Å². The number of rotatable bonds is 6. The van der Waals surface area contributed by atoms with E-state index in [0.717, 1.165) is 5.56 Å². The fraction of sp³-hybridized carbons (Fsp3) is 0.618. The summed E-state index contributed by atoms with van der Waals surface area (Å²) < 4.78 is 52.7. The van der Waals surface area contributed by atoms with Crippen molar-refractivity contribution in [2.45, 2.75) is 191 Å². The van der Waals surface area contributed by atoms with E-state index in [1.807, 2.05) is 12.1 Å². The van der Waals surface area contributed by atoms with Crippen LogP contribution in [0.5, 0.6) is 40.2 Å². The summed E-state index contributed by atoms with van der Waals surface area (Å²) in [5, 5.41) is 98.9. The van der Waals surface area contributed by atoms with E-state index in [-0.39, 0.29) is 107 Å². The number of phenolic OH excluding ortho intramolecular Hbond substituents is 1. The standard InChI is InChI=1S/C24H41NO6Si3.C14H15NO8.C14H15NO7.3CH4/c1-14-19-15-11-17-18(28-13-27-17)12-16(15)24(26)25-20(19)22(30-33(5,6)7)23(31-34(8,9)10)21(14)29-32(2,3)4;16-8-5-3-1-4-13(23-2-22-4)9(17)6(3)14(21)15-7(5)10(18)12(20)11(8)19;16-10-8-4-1-6-7(22-3-21-6)2-5(4)14(20)15-9(8)11(17)13(19)12(10)18;;;/h11-12,14,19-23H,13H2,1-10H3,(H,25,26);1,5,7-8,10-12,16-20H,2H2,(H,15,21);1-2,8-13,16-19H,3H2,(H,15,20);3*1H4/t14-,19-,20-,21+,22+,23-;5-,7-,8-,10+,11+,12+;8-,9-,10-,11+,12+,13+;;;/m111.../s1. The first-order valence-electron chi connectivity index (χ1n) is 26.4. The Balaban J connectivity index is 0.000000179. The molecule has 0 radical (unpaired) electrons. The van der Waals surface area contributed by atoms with Crippen LogP contribution in [0.3, 0.4) is 0 Å². The topological polar surface area (TPSA) is 352 Å². The molecule has 0 spiro atoms. The zero-order valence-electron chi connectivity index (χ0n) is 45.3. The number of ether oxygens (including phenoxy) is 6. The number of phenols is 1. The molecule has 3 aromatic rings. The van der Waals surface area contributed by atoms with E-state index in [2.05, 4.69) is 81.8 Å². The lowest BCUT2D eigenvalue weighted by Gasteiger charge is -2.55. The molecule has 12 rings (SSSR count). The van der Waals surface area contributed by atoms with Crippen molar-refractivity contribution in [3.63, 3.8) is 0 Å². The summed E-state index contributed by atoms with van der Waals surface area (Å²) in [4.78, 5) is 37.9. The van der Waals surface area contributed by atoms with Crippen molar-refractivity contribution < 1.29 is 102 Å². The van der Waals surface area contributed by atoms with Crippen LogP contribution in [0.4, 0.5) is 0 Å². The van der Waals surface area contributed by atoms with Crippen molar-refractivity contribution in [2.24, 2.45) is 5.92 Å². The maximum Gasteiger partial charge on any atom is 0.255 e. The van der Waals surface area contributed by atoms with Crippen LogP contribution in [0.15, 0.2) is 30.3 Å². The lowest BCUT2D eigenvalue weighted by molar-refractivity contribution is -0.155. The number of amides is 3. The Labute approximate surface area is 480 Å². The first kappa shape index (κ1) is 64.4. The molecule has 0 saturated heterocycles. The number of hydrogen-bond donors (Lipinski definition) is 12. The first-order chi connectivity index (χ1) is 36.9. The average Bonchev–Trinajstić information content (AvgIpc) is 2.68. The molecule has 6 heterocycles. The summed E-state index contributed by atoms with van der Waals surface area (Å²) in [5.41, 5.74) is 2.50. The predicted octanol–water partition coefficient (Wildman–Crippen LogP) is 2.67. The van der Waals surface area contributed by atoms with Gasteiger partial charge in [0.25, 0.3) is 17.7 Å². The van der Waals surface area contributed by atoms with Gasteiger partial charge in [0, 0.05) is 28.9 Å². The third kappa shape index (κ3) is 11.6. The number of aromatic hydroxyl groups is 1. The van der Waals surface area contributed by atoms with Gasteiger partial charge in [0.2, 0.25) is 26.1 Å². The van der Waals surface area contributed by atoms with Gasteiger partial charge in [-0.05, 0) is 112 Å². The number of aliphatic hydroxyl groups excluding tert-OH is 8. The van der Waals surface area contributed by atoms with Crippen LogP contribution in [-0.4, -0.2) is 194 Å². The highest BCUT2D eigenvalue weighted by Crippen LogP contribution is 2.52. The second-order valence-electron chi connectivity index (χ2n) is 24.5. The second kappa shape index (κ2) is 23.4. The van der Waals surface area contributed by atoms with Gasteiger partial charge in [-0.3, -0.25) is 14.4 Å². The first-order valence-corrected chi connectivity index (χ1v) is 36.6. The smallest absolute Gasteiger partial charge is 0.255 e. The lowest BCUT2D eigenvalue weighted by Crippen LogP contribution is -2.69. The number of carbonyl (C=O) groups excluding carboxylic acids is 3. The highest BCUT2D eigenvalue weighted by molar-refractivity contribution is 6.70. The van der Waals surface area contributed by atoms with Gasteiger partial charge < -0.3 is 104 Å². The minimum Gasteiger partial charge on any atom is -0.504 e. The van der Waals surface area contributed by atoms with Crippen molar-refractivity contribution in [3.8, 4) is 40.2 Å². The number of aliphatic hydroxyl groups is 8. The summed E-state index contributed by atoms with van der Waals surface area (Å²) in [5.74, 6) is -0.746. The normalized spacial score (nSPS) is 34.0. The van der Waals surface area contributed by atoms with Crippen LogP contribution >= 0.6 is 0 Å². The zero-order chi connectivity index (χ0) is 57.3. The summed E-state index contributed by atoms with van der Waals surface area (Å²) in [7, 11) is -5.84. The predicted molar refractivity (Wildman–Crippen MR) is 303 cm³/mol. The van der Waals surface area contributed by atoms with E-state index in [0.29, 0.717) is 39.7 Å². The van der Waals surface area contributed by atoms with Crippen molar-refractivity contribution in [2.75, 3.05) is 20.4 Å². The molecule has 0 unspecified atom stereocenters. The fourth-order valence-corrected chi connectivity index (χ4v) is 15.8. The number of fused-ring (bicyclic) bond motifs is 12. The molecule has 0 bridgehead atoms. The third-order valence-corrected chi connectivity index (χ3v) is 18.7. The fourth-order valence-electron chi connectivity index (χ4n) is 12.4. The van der Waals surface area contributed by atoms with Crippen LogP contribution in [-0.2, 0) is 13.3 Å². The Bertz CT molecular complexity index is 2900. The lowest BCUT2D eigenvalue weighted by atomic mass is 9.66. The Hall–Kier alpha value is -5.12. The van der Waals surface area contributed by atoms with E-state index in [1.54, 1.807) is 6.07 Å². The van der Waals surface area contributed by atoms with Gasteiger partial charge in [-0.1, -0.05) is 29.2 Å². The molecule has 0 aromatic heterocycles. The quantitative estimate of drug-likeness (QED) is 0.158. The van der Waals surface area contributed by atoms with Crippen LogP contribution < -0.4 is 44.4 Å². The maximum absolute atomic E-state index is 13.4. The van der Waals surface area contributed by atoms with E-state index < -0.39 is 115 Å². The minimum atomic E-state index is -1.98. The van der Waals surface area contributed by atoms with E-state index in [9.17, 15) is 60.3 Å². The van der Waals surface area contributed by atoms with E-state index in [4.69, 9.17) is 41.7 Å². The number of nitrogens with one attached hydrogen (secondary N) is 3. The van der Waals surface area contributed by atoms with E-state index >= 15 is 0 Å². The van der Waals surface area contributed by atoms with Crippen molar-refractivity contribution in [1.82, 2.24) is 16.0 Å². The highest BCUT2D eigenvalue weighted by Gasteiger charge is 2.58. The Kier molecular flexibility index (Phi) is 18.4. The minimum absolute atomic E-state index is 0. The molecular weight excluding hydrogens is 1120 g/mol. The molecule has 27 heteroatoms. The number of benzene rings is 3. The molecule has 18 atom stereocenters. The molecule has 3 aliphatic carbocycles. The molecule has 9 aliphatic rings. The molecule has 12 N–H and O–H groups in total. The molecule has 3 aromatic carbocycles. The van der Waals surface area contributed by atoms with Gasteiger partial charge in [0.1, 0.15) is 36.6 Å². The molecule has 456 valence electrons. The Morgan fingerprint density at radius 3 is 1.26 bits per heavy atom. The molecule has 3 fully saturated rings. The van der Waals surface area contributed by atoms with Crippen molar-refractivity contribution >= 4 is 42.7 Å². The van der Waals surface area contributed by atoms with Crippen molar-refractivity contribution in [1.29, 1.82) is 0 Å². The Morgan fingerprint density at radius 2 is 0.780 bits per heavy atom. The van der Waals surface area contributed by atoms with Gasteiger partial charge in [0.15, 0.2) is 59.4 Å². The zero-order valence-corrected chi connectivity index (χ0v) is 48.3. The van der Waals surface area contributed by atoms with Crippen LogP contribution in [0.2, 0.25) is 58.9 Å². The Morgan fingerprint density at radius 1 is 0.427 bits per heavy atom. The molecule has 3 amide bonds. The summed E-state index contributed by atoms with van der Waals surface area (Å²) in [6.07, 6.45) is -12.5. The highest BCUT2D eigenvalue weighted by atomic mass is 28.4. The molecule has 24 nitrogen and oxygen atoms in total. The monoisotopic (exact) mass is 1210 g/mol. The van der Waals surface area contributed by atoms with Gasteiger partial charge in [-0.15, -0.1) is 0 Å². The third-order valence-electron chi connectivity index (χ3n) is 15.7. The summed E-state index contributed by atoms with van der Waals surface area (Å²) in [6, 6.07) is 6.24. The summed E-state index contributed by atoms with van der Waals surface area (Å²) >= 11 is 0. The van der Waals surface area contributed by atoms with Gasteiger partial charge >= 0.3 is 0 Å². The SMILES string of the molecule is C.C.C.C[C@H]1[C@H](O[Si](C)(C)C)[C@@H](O[Si](C)(C)C)[C@@H](O[Si](C)(C)C)[C@@H]2NC(=O)c3cc4c(cc3[C@@H]12)OCO4.O=C1N[C@H]2[C@H](O)[C@H](O)[C@@H](O)[C@H](O)[C@@H]2c2cc3c(c(O)c21)OCO3.O=C1N[C@H]2[C@H](O)[C@H](O)[C@@H](O)[C@H](O)[C@@H]2c2cc3c(cc21)OCO3. The molecule has 6 aliphatic heterocycles. The molecular formula is C55H83N3O21Si3. The number of carbonyl (C=O) groups is 3. The largest absolute Gasteiger partial charge is 0.504 e. The summed E-state index contributed by atoms with van der Waals surface area (Å²) in [6.45, 7) is 22.2. The van der Waals surface area contributed by atoms with Crippen LogP contribution in [0, 0.1) is 5.92 Å². The maximum atomic E-state index is 13.4. The van der Waals surface area contributed by atoms with Gasteiger partial charge in [-0.2, -0.15) is 0 Å². The van der Waals surface area contributed by atoms with Crippen LogP contribution in [0.25, 0.3) is 0 Å². The van der Waals surface area contributed by atoms with Crippen molar-refractivity contribution in [3.05, 3.63) is 63.7 Å². The van der Waals surface area contributed by atoms with Gasteiger partial charge in [0.05, 0.1) is 54.2 Å². The van der Waals surface area contributed by atoms with Crippen LogP contribution in [0.1, 0.15) is 94.7 Å². The number of hydrogen-bond acceptors (Lipinski definition) is 21. The molecule has 82 heavy (non-hydrogen) atoms. The molecule has 3 saturated carbocycles. The average molecular weight is 1210 g/mol.